The molecule has 0 fully saturated rings. The lowest BCUT2D eigenvalue weighted by atomic mass is 9.86. The van der Waals surface area contributed by atoms with E-state index in [2.05, 4.69) is 9.47 Å². The minimum Gasteiger partial charge on any atom is -0.468 e. The predicted molar refractivity (Wildman–Crippen MR) is 72.2 cm³/mol. The molecule has 0 atom stereocenters. The van der Waals surface area contributed by atoms with Crippen molar-refractivity contribution in [1.29, 1.82) is 0 Å². The monoisotopic (exact) mass is 262 g/mol. The third-order valence-electron chi connectivity index (χ3n) is 2.91. The van der Waals surface area contributed by atoms with Gasteiger partial charge in [-0.25, -0.2) is 0 Å². The quantitative estimate of drug-likeness (QED) is 0.604. The zero-order chi connectivity index (χ0) is 14.3. The summed E-state index contributed by atoms with van der Waals surface area (Å²) in [6.45, 7) is 1.51. The molecule has 0 heterocycles. The molecular weight excluding hydrogens is 244 g/mol. The summed E-state index contributed by atoms with van der Waals surface area (Å²) in [5, 5.41) is 0. The molecule has 1 aromatic carbocycles. The molecule has 0 saturated heterocycles. The molecule has 1 aromatic rings. The van der Waals surface area contributed by atoms with Gasteiger partial charge in [0.15, 0.2) is 5.41 Å². The largest absolute Gasteiger partial charge is 0.468 e. The maximum absolute atomic E-state index is 11.7. The summed E-state index contributed by atoms with van der Waals surface area (Å²) in [7, 11) is 2.51. The van der Waals surface area contributed by atoms with Gasteiger partial charge < -0.3 is 9.47 Å². The maximum Gasteiger partial charge on any atom is 0.323 e. The van der Waals surface area contributed by atoms with Crippen LogP contribution in [0.25, 0.3) is 6.08 Å². The number of hydrogen-bond acceptors (Lipinski definition) is 4. The summed E-state index contributed by atoms with van der Waals surface area (Å²) in [4.78, 5) is 23.4. The van der Waals surface area contributed by atoms with Crippen LogP contribution in [0.1, 0.15) is 18.9 Å². The number of rotatable bonds is 5. The van der Waals surface area contributed by atoms with Gasteiger partial charge in [-0.2, -0.15) is 0 Å². The standard InChI is InChI=1S/C15H18O4/c1-15(13(16)18-2,14(17)19-3)11-7-10-12-8-5-4-6-9-12/h4-10H,11H2,1-3H3. The number of carbonyl (C=O) groups is 2. The van der Waals surface area contributed by atoms with Crippen LogP contribution in [0.5, 0.6) is 0 Å². The number of benzene rings is 1. The van der Waals surface area contributed by atoms with Crippen molar-refractivity contribution < 1.29 is 19.1 Å². The van der Waals surface area contributed by atoms with Gasteiger partial charge in [-0.05, 0) is 18.9 Å². The maximum atomic E-state index is 11.7. The second-order valence-corrected chi connectivity index (χ2v) is 4.33. The highest BCUT2D eigenvalue weighted by atomic mass is 16.5. The summed E-state index contributed by atoms with van der Waals surface area (Å²) < 4.78 is 9.33. The fourth-order valence-electron chi connectivity index (χ4n) is 1.70. The van der Waals surface area contributed by atoms with Crippen molar-refractivity contribution in [1.82, 2.24) is 0 Å². The van der Waals surface area contributed by atoms with Crippen molar-refractivity contribution in [2.75, 3.05) is 14.2 Å². The van der Waals surface area contributed by atoms with E-state index in [1.54, 1.807) is 6.08 Å². The van der Waals surface area contributed by atoms with Crippen molar-refractivity contribution in [3.63, 3.8) is 0 Å². The van der Waals surface area contributed by atoms with Crippen LogP contribution in [-0.2, 0) is 19.1 Å². The first-order chi connectivity index (χ1) is 9.04. The molecule has 0 spiro atoms. The van der Waals surface area contributed by atoms with Crippen molar-refractivity contribution in [2.45, 2.75) is 13.3 Å². The second kappa shape index (κ2) is 6.73. The minimum atomic E-state index is -1.31. The number of allylic oxidation sites excluding steroid dienone is 1. The van der Waals surface area contributed by atoms with Crippen molar-refractivity contribution in [2.24, 2.45) is 5.41 Å². The van der Waals surface area contributed by atoms with Crippen LogP contribution in [0.4, 0.5) is 0 Å². The van der Waals surface area contributed by atoms with E-state index in [0.29, 0.717) is 0 Å². The van der Waals surface area contributed by atoms with Crippen LogP contribution in [0, 0.1) is 5.41 Å². The average molecular weight is 262 g/mol. The van der Waals surface area contributed by atoms with Crippen LogP contribution in [0.15, 0.2) is 36.4 Å². The smallest absolute Gasteiger partial charge is 0.323 e. The first kappa shape index (κ1) is 15.0. The summed E-state index contributed by atoms with van der Waals surface area (Å²) >= 11 is 0. The highest BCUT2D eigenvalue weighted by molar-refractivity contribution is 5.99. The first-order valence-electron chi connectivity index (χ1n) is 5.93. The Bertz CT molecular complexity index is 446. The van der Waals surface area contributed by atoms with E-state index in [1.165, 1.54) is 21.1 Å². The molecule has 1 rings (SSSR count). The van der Waals surface area contributed by atoms with Crippen LogP contribution in [-0.4, -0.2) is 26.2 Å². The van der Waals surface area contributed by atoms with Crippen LogP contribution in [0.2, 0.25) is 0 Å². The molecule has 4 nitrogen and oxygen atoms in total. The Kier molecular flexibility index (Phi) is 5.30. The van der Waals surface area contributed by atoms with Gasteiger partial charge >= 0.3 is 11.9 Å². The van der Waals surface area contributed by atoms with Crippen LogP contribution < -0.4 is 0 Å². The summed E-state index contributed by atoms with van der Waals surface area (Å²) in [6, 6.07) is 9.62. The Morgan fingerprint density at radius 2 is 1.63 bits per heavy atom. The number of methoxy groups -OCH3 is 2. The van der Waals surface area contributed by atoms with Crippen molar-refractivity contribution in [3.05, 3.63) is 42.0 Å². The Labute approximate surface area is 113 Å². The zero-order valence-electron chi connectivity index (χ0n) is 11.4. The molecule has 0 aromatic heterocycles. The molecule has 0 saturated carbocycles. The Morgan fingerprint density at radius 1 is 1.11 bits per heavy atom. The van der Waals surface area contributed by atoms with Gasteiger partial charge in [-0.15, -0.1) is 0 Å². The Balaban J connectivity index is 2.82. The molecule has 0 aliphatic rings. The van der Waals surface area contributed by atoms with E-state index in [1.807, 2.05) is 36.4 Å². The Morgan fingerprint density at radius 3 is 2.11 bits per heavy atom. The van der Waals surface area contributed by atoms with E-state index in [4.69, 9.17) is 0 Å². The lowest BCUT2D eigenvalue weighted by molar-refractivity contribution is -0.167. The van der Waals surface area contributed by atoms with E-state index < -0.39 is 17.4 Å². The molecule has 0 aliphatic heterocycles. The van der Waals surface area contributed by atoms with E-state index in [9.17, 15) is 9.59 Å². The van der Waals surface area contributed by atoms with Gasteiger partial charge in [0, 0.05) is 0 Å². The van der Waals surface area contributed by atoms with Crippen molar-refractivity contribution in [3.8, 4) is 0 Å². The molecule has 4 heteroatoms. The fraction of sp³-hybridized carbons (Fsp3) is 0.333. The summed E-state index contributed by atoms with van der Waals surface area (Å²) in [6.07, 6.45) is 3.84. The SMILES string of the molecule is COC(=O)C(C)(CC=Cc1ccccc1)C(=O)OC. The van der Waals surface area contributed by atoms with Gasteiger partial charge in [0.05, 0.1) is 14.2 Å². The summed E-state index contributed by atoms with van der Waals surface area (Å²) in [5.74, 6) is -1.20. The molecule has 0 amide bonds. The predicted octanol–water partition coefficient (Wildman–Crippen LogP) is 2.44. The van der Waals surface area contributed by atoms with Crippen molar-refractivity contribution >= 4 is 18.0 Å². The molecule has 0 unspecified atom stereocenters. The molecule has 0 radical (unpaired) electrons. The fourth-order valence-corrected chi connectivity index (χ4v) is 1.70. The third kappa shape index (κ3) is 3.68. The highest BCUT2D eigenvalue weighted by Gasteiger charge is 2.42. The molecular formula is C15H18O4. The lowest BCUT2D eigenvalue weighted by Crippen LogP contribution is -2.38. The number of esters is 2. The van der Waals surface area contributed by atoms with E-state index >= 15 is 0 Å². The number of ether oxygens (including phenoxy) is 2. The van der Waals surface area contributed by atoms with Gasteiger partial charge in [0.1, 0.15) is 0 Å². The zero-order valence-corrected chi connectivity index (χ0v) is 11.4. The summed E-state index contributed by atoms with van der Waals surface area (Å²) in [5.41, 5.74) is -0.311. The number of carbonyl (C=O) groups excluding carboxylic acids is 2. The third-order valence-corrected chi connectivity index (χ3v) is 2.91. The van der Waals surface area contributed by atoms with E-state index in [-0.39, 0.29) is 6.42 Å². The van der Waals surface area contributed by atoms with Gasteiger partial charge in [-0.3, -0.25) is 9.59 Å². The van der Waals surface area contributed by atoms with E-state index in [0.717, 1.165) is 5.56 Å². The normalized spacial score (nSPS) is 11.3. The Hall–Kier alpha value is -2.10. The van der Waals surface area contributed by atoms with Gasteiger partial charge in [0.2, 0.25) is 0 Å². The minimum absolute atomic E-state index is 0.223. The second-order valence-electron chi connectivity index (χ2n) is 4.33. The first-order valence-corrected chi connectivity index (χ1v) is 5.93. The topological polar surface area (TPSA) is 52.6 Å². The van der Waals surface area contributed by atoms with Gasteiger partial charge in [0.25, 0.3) is 0 Å². The van der Waals surface area contributed by atoms with Gasteiger partial charge in [-0.1, -0.05) is 42.5 Å². The molecule has 0 bridgehead atoms. The highest BCUT2D eigenvalue weighted by Crippen LogP contribution is 2.26. The number of hydrogen-bond donors (Lipinski definition) is 0. The molecule has 0 N–H and O–H groups in total. The molecule has 102 valence electrons. The average Bonchev–Trinajstić information content (AvgIpc) is 2.46. The van der Waals surface area contributed by atoms with Crippen LogP contribution >= 0.6 is 0 Å². The molecule has 19 heavy (non-hydrogen) atoms. The lowest BCUT2D eigenvalue weighted by Gasteiger charge is -2.21. The van der Waals surface area contributed by atoms with Crippen LogP contribution in [0.3, 0.4) is 0 Å². The molecule has 0 aliphatic carbocycles.